The molecular formula is C18H17NO4. The van der Waals surface area contributed by atoms with Crippen molar-refractivity contribution in [2.75, 3.05) is 0 Å². The van der Waals surface area contributed by atoms with Crippen LogP contribution in [0.25, 0.3) is 0 Å². The van der Waals surface area contributed by atoms with Crippen LogP contribution in [-0.4, -0.2) is 22.9 Å². The van der Waals surface area contributed by atoms with Gasteiger partial charge in [-0.3, -0.25) is 19.7 Å². The van der Waals surface area contributed by atoms with Gasteiger partial charge in [-0.1, -0.05) is 60.7 Å². The first-order chi connectivity index (χ1) is 11.1. The van der Waals surface area contributed by atoms with Crippen LogP contribution in [0, 0.1) is 0 Å². The lowest BCUT2D eigenvalue weighted by atomic mass is 9.90. The minimum Gasteiger partial charge on any atom is -0.481 e. The summed E-state index contributed by atoms with van der Waals surface area (Å²) in [5.41, 5.74) is 1.53. The molecule has 0 aliphatic rings. The summed E-state index contributed by atoms with van der Waals surface area (Å²) in [5, 5.41) is 10.9. The van der Waals surface area contributed by atoms with Gasteiger partial charge in [0.1, 0.15) is 0 Å². The van der Waals surface area contributed by atoms with Crippen molar-refractivity contribution in [1.82, 2.24) is 5.32 Å². The highest BCUT2D eigenvalue weighted by Gasteiger charge is 2.24. The second kappa shape index (κ2) is 7.89. The molecule has 2 aromatic rings. The molecule has 0 saturated heterocycles. The number of rotatable bonds is 6. The normalized spacial score (nSPS) is 10.3. The van der Waals surface area contributed by atoms with Crippen LogP contribution in [0.2, 0.25) is 0 Å². The van der Waals surface area contributed by atoms with Crippen LogP contribution in [-0.2, 0) is 14.4 Å². The Morgan fingerprint density at radius 2 is 1.30 bits per heavy atom. The summed E-state index contributed by atoms with van der Waals surface area (Å²) in [4.78, 5) is 34.8. The largest absolute Gasteiger partial charge is 0.481 e. The summed E-state index contributed by atoms with van der Waals surface area (Å²) in [6.07, 6.45) is -0.530. The third-order valence-corrected chi connectivity index (χ3v) is 3.36. The quantitative estimate of drug-likeness (QED) is 0.857. The van der Waals surface area contributed by atoms with Gasteiger partial charge in [0, 0.05) is 6.42 Å². The molecule has 0 atom stereocenters. The molecule has 0 unspecified atom stereocenters. The zero-order valence-corrected chi connectivity index (χ0v) is 12.4. The molecule has 5 nitrogen and oxygen atoms in total. The fourth-order valence-electron chi connectivity index (χ4n) is 2.28. The van der Waals surface area contributed by atoms with E-state index < -0.39 is 23.7 Å². The van der Waals surface area contributed by atoms with Gasteiger partial charge in [-0.25, -0.2) is 0 Å². The molecular weight excluding hydrogens is 294 g/mol. The van der Waals surface area contributed by atoms with Crippen molar-refractivity contribution in [2.24, 2.45) is 0 Å². The molecule has 0 heterocycles. The zero-order chi connectivity index (χ0) is 16.7. The number of nitrogens with one attached hydrogen (secondary N) is 1. The van der Waals surface area contributed by atoms with Crippen molar-refractivity contribution in [2.45, 2.75) is 18.8 Å². The van der Waals surface area contributed by atoms with Crippen LogP contribution in [0.4, 0.5) is 0 Å². The average Bonchev–Trinajstić information content (AvgIpc) is 2.55. The number of benzene rings is 2. The van der Waals surface area contributed by atoms with Gasteiger partial charge in [-0.05, 0) is 11.1 Å². The summed E-state index contributed by atoms with van der Waals surface area (Å²) >= 11 is 0. The van der Waals surface area contributed by atoms with Gasteiger partial charge in [0.2, 0.25) is 11.8 Å². The summed E-state index contributed by atoms with van der Waals surface area (Å²) in [6.45, 7) is 0. The highest BCUT2D eigenvalue weighted by Crippen LogP contribution is 2.24. The van der Waals surface area contributed by atoms with Crippen molar-refractivity contribution in [3.8, 4) is 0 Å². The van der Waals surface area contributed by atoms with Crippen LogP contribution in [0.5, 0.6) is 0 Å². The average molecular weight is 311 g/mol. The maximum Gasteiger partial charge on any atom is 0.303 e. The van der Waals surface area contributed by atoms with Crippen LogP contribution in [0.15, 0.2) is 60.7 Å². The molecule has 0 fully saturated rings. The van der Waals surface area contributed by atoms with Crippen LogP contribution >= 0.6 is 0 Å². The van der Waals surface area contributed by atoms with E-state index in [9.17, 15) is 14.4 Å². The molecule has 5 heteroatoms. The van der Waals surface area contributed by atoms with Crippen LogP contribution in [0.3, 0.4) is 0 Å². The van der Waals surface area contributed by atoms with Crippen LogP contribution < -0.4 is 5.32 Å². The minimum atomic E-state index is -1.07. The van der Waals surface area contributed by atoms with E-state index >= 15 is 0 Å². The molecule has 2 aromatic carbocycles. The SMILES string of the molecule is O=C(O)CCC(=O)NC(=O)C(c1ccccc1)c1ccccc1. The predicted octanol–water partition coefficient (Wildman–Crippen LogP) is 2.33. The summed E-state index contributed by atoms with van der Waals surface area (Å²) in [5.74, 6) is -2.74. The van der Waals surface area contributed by atoms with Crippen molar-refractivity contribution < 1.29 is 19.5 Å². The molecule has 118 valence electrons. The molecule has 2 amide bonds. The standard InChI is InChI=1S/C18H17NO4/c20-15(11-12-16(21)22)19-18(23)17(13-7-3-1-4-8-13)14-9-5-2-6-10-14/h1-10,17H,11-12H2,(H,21,22)(H,19,20,23). The third kappa shape index (κ3) is 4.78. The second-order valence-corrected chi connectivity index (χ2v) is 5.06. The summed E-state index contributed by atoms with van der Waals surface area (Å²) < 4.78 is 0. The first-order valence-corrected chi connectivity index (χ1v) is 7.23. The van der Waals surface area contributed by atoms with E-state index in [0.29, 0.717) is 0 Å². The second-order valence-electron chi connectivity index (χ2n) is 5.06. The molecule has 0 aliphatic heterocycles. The van der Waals surface area contributed by atoms with E-state index in [2.05, 4.69) is 5.32 Å². The van der Waals surface area contributed by atoms with E-state index in [1.54, 1.807) is 0 Å². The maximum absolute atomic E-state index is 12.5. The van der Waals surface area contributed by atoms with Crippen molar-refractivity contribution in [1.29, 1.82) is 0 Å². The Balaban J connectivity index is 2.19. The molecule has 0 aromatic heterocycles. The van der Waals surface area contributed by atoms with Gasteiger partial charge >= 0.3 is 5.97 Å². The maximum atomic E-state index is 12.5. The Labute approximate surface area is 134 Å². The van der Waals surface area contributed by atoms with E-state index in [0.717, 1.165) is 11.1 Å². The summed E-state index contributed by atoms with van der Waals surface area (Å²) in [7, 11) is 0. The predicted molar refractivity (Wildman–Crippen MR) is 84.7 cm³/mol. The minimum absolute atomic E-state index is 0.225. The van der Waals surface area contributed by atoms with Gasteiger partial charge in [0.15, 0.2) is 0 Å². The highest BCUT2D eigenvalue weighted by molar-refractivity contribution is 6.00. The molecule has 2 rings (SSSR count). The fourth-order valence-corrected chi connectivity index (χ4v) is 2.28. The van der Waals surface area contributed by atoms with Crippen molar-refractivity contribution in [3.05, 3.63) is 71.8 Å². The Bertz CT molecular complexity index is 643. The monoisotopic (exact) mass is 311 g/mol. The first kappa shape index (κ1) is 16.4. The lowest BCUT2D eigenvalue weighted by Gasteiger charge is -2.17. The van der Waals surface area contributed by atoms with E-state index in [1.165, 1.54) is 0 Å². The number of aliphatic carboxylic acids is 1. The van der Waals surface area contributed by atoms with E-state index in [-0.39, 0.29) is 12.8 Å². The number of carboxylic acid groups (broad SMARTS) is 1. The third-order valence-electron chi connectivity index (χ3n) is 3.36. The molecule has 0 aliphatic carbocycles. The highest BCUT2D eigenvalue weighted by atomic mass is 16.4. The zero-order valence-electron chi connectivity index (χ0n) is 12.4. The van der Waals surface area contributed by atoms with Gasteiger partial charge in [-0.15, -0.1) is 0 Å². The summed E-state index contributed by atoms with van der Waals surface area (Å²) in [6, 6.07) is 18.3. The topological polar surface area (TPSA) is 83.5 Å². The van der Waals surface area contributed by atoms with Crippen molar-refractivity contribution >= 4 is 17.8 Å². The Morgan fingerprint density at radius 3 is 1.74 bits per heavy atom. The smallest absolute Gasteiger partial charge is 0.303 e. The Morgan fingerprint density at radius 1 is 0.826 bits per heavy atom. The fraction of sp³-hybridized carbons (Fsp3) is 0.167. The number of carboxylic acids is 1. The number of carbonyl (C=O) groups is 3. The number of carbonyl (C=O) groups excluding carboxylic acids is 2. The molecule has 0 bridgehead atoms. The number of hydrogen-bond donors (Lipinski definition) is 2. The lowest BCUT2D eigenvalue weighted by molar-refractivity contribution is -0.140. The molecule has 0 spiro atoms. The molecule has 23 heavy (non-hydrogen) atoms. The molecule has 0 saturated carbocycles. The van der Waals surface area contributed by atoms with Gasteiger partial charge < -0.3 is 5.11 Å². The lowest BCUT2D eigenvalue weighted by Crippen LogP contribution is -2.35. The molecule has 0 radical (unpaired) electrons. The first-order valence-electron chi connectivity index (χ1n) is 7.23. The van der Waals surface area contributed by atoms with E-state index in [4.69, 9.17) is 5.11 Å². The number of hydrogen-bond acceptors (Lipinski definition) is 3. The molecule has 2 N–H and O–H groups in total. The number of imide groups is 1. The van der Waals surface area contributed by atoms with Gasteiger partial charge in [0.25, 0.3) is 0 Å². The van der Waals surface area contributed by atoms with Gasteiger partial charge in [0.05, 0.1) is 12.3 Å². The Kier molecular flexibility index (Phi) is 5.63. The number of amides is 2. The van der Waals surface area contributed by atoms with Crippen LogP contribution in [0.1, 0.15) is 29.9 Å². The van der Waals surface area contributed by atoms with Crippen molar-refractivity contribution in [3.63, 3.8) is 0 Å². The Hall–Kier alpha value is -2.95. The van der Waals surface area contributed by atoms with Gasteiger partial charge in [-0.2, -0.15) is 0 Å². The van der Waals surface area contributed by atoms with E-state index in [1.807, 2.05) is 60.7 Å².